The summed E-state index contributed by atoms with van der Waals surface area (Å²) in [6.45, 7) is 0. The van der Waals surface area contributed by atoms with Crippen molar-refractivity contribution in [2.45, 2.75) is 10.6 Å². The minimum atomic E-state index is -3.45. The zero-order valence-corrected chi connectivity index (χ0v) is 9.25. The molecule has 4 heteroatoms. The summed E-state index contributed by atoms with van der Waals surface area (Å²) >= 11 is 0. The summed E-state index contributed by atoms with van der Waals surface area (Å²) in [5, 5.41) is 2.09. The standard InChI is InChI=1S/C11H8F2S2/c12-11(13)15-14-10-6-5-8-3-1-2-4-9(8)7-10/h1-7,11H/i11D. The zero-order valence-electron chi connectivity index (χ0n) is 8.61. The fourth-order valence-corrected chi connectivity index (χ4v) is 2.55. The monoisotopic (exact) mass is 243 g/mol. The van der Waals surface area contributed by atoms with E-state index in [-0.39, 0.29) is 10.8 Å². The van der Waals surface area contributed by atoms with E-state index in [2.05, 4.69) is 0 Å². The third-order valence-electron chi connectivity index (χ3n) is 1.92. The number of benzene rings is 2. The zero-order chi connectivity index (χ0) is 11.6. The molecule has 0 unspecified atom stereocenters. The van der Waals surface area contributed by atoms with E-state index in [9.17, 15) is 8.78 Å². The lowest BCUT2D eigenvalue weighted by atomic mass is 10.1. The average molecular weight is 243 g/mol. The van der Waals surface area contributed by atoms with Gasteiger partial charge in [-0.25, -0.2) is 0 Å². The van der Waals surface area contributed by atoms with E-state index in [4.69, 9.17) is 1.37 Å². The van der Waals surface area contributed by atoms with Gasteiger partial charge >= 0.3 is 0 Å². The smallest absolute Gasteiger partial charge is 0.197 e. The van der Waals surface area contributed by atoms with Crippen molar-refractivity contribution in [2.24, 2.45) is 0 Å². The molecule has 0 fully saturated rings. The van der Waals surface area contributed by atoms with Crippen LogP contribution in [0.2, 0.25) is 0 Å². The van der Waals surface area contributed by atoms with Gasteiger partial charge in [0.2, 0.25) is 0 Å². The molecule has 0 radical (unpaired) electrons. The van der Waals surface area contributed by atoms with Crippen molar-refractivity contribution in [3.05, 3.63) is 42.5 Å². The predicted molar refractivity (Wildman–Crippen MR) is 63.4 cm³/mol. The summed E-state index contributed by atoms with van der Waals surface area (Å²) in [7, 11) is 1.17. The van der Waals surface area contributed by atoms with E-state index in [0.717, 1.165) is 26.5 Å². The van der Waals surface area contributed by atoms with E-state index in [1.165, 1.54) is 0 Å². The van der Waals surface area contributed by atoms with Crippen molar-refractivity contribution in [1.82, 2.24) is 0 Å². The van der Waals surface area contributed by atoms with Crippen molar-refractivity contribution in [3.8, 4) is 0 Å². The third kappa shape index (κ3) is 2.86. The van der Waals surface area contributed by atoms with Gasteiger partial charge in [-0.1, -0.05) is 41.1 Å². The molecule has 0 aliphatic heterocycles. The van der Waals surface area contributed by atoms with Gasteiger partial charge in [0.15, 0.2) is 0 Å². The molecular formula is C11H8F2S2. The number of hydrogen-bond donors (Lipinski definition) is 0. The van der Waals surface area contributed by atoms with Crippen LogP contribution < -0.4 is 0 Å². The van der Waals surface area contributed by atoms with Crippen LogP contribution in [0.15, 0.2) is 47.4 Å². The molecule has 2 aromatic rings. The van der Waals surface area contributed by atoms with Gasteiger partial charge < -0.3 is 0 Å². The van der Waals surface area contributed by atoms with Crippen LogP contribution in [0.5, 0.6) is 0 Å². The predicted octanol–water partition coefficient (Wildman–Crippen LogP) is 4.80. The first-order valence-corrected chi connectivity index (χ1v) is 6.42. The average Bonchev–Trinajstić information content (AvgIpc) is 2.25. The molecule has 0 N–H and O–H groups in total. The molecule has 0 heterocycles. The van der Waals surface area contributed by atoms with Gasteiger partial charge in [0, 0.05) is 4.90 Å². The first-order chi connectivity index (χ1) is 7.54. The fraction of sp³-hybridized carbons (Fsp3) is 0.0909. The van der Waals surface area contributed by atoms with Gasteiger partial charge in [-0.05, 0) is 33.7 Å². The number of rotatable bonds is 3. The topological polar surface area (TPSA) is 0 Å². The Kier molecular flexibility index (Phi) is 3.07. The second kappa shape index (κ2) is 4.86. The van der Waals surface area contributed by atoms with Gasteiger partial charge in [-0.15, -0.1) is 0 Å². The first kappa shape index (κ1) is 9.48. The van der Waals surface area contributed by atoms with Crippen molar-refractivity contribution < 1.29 is 10.2 Å². The van der Waals surface area contributed by atoms with Crippen LogP contribution in [0.4, 0.5) is 8.78 Å². The van der Waals surface area contributed by atoms with Crippen LogP contribution in [0.25, 0.3) is 10.8 Å². The number of alkyl halides is 2. The van der Waals surface area contributed by atoms with E-state index in [1.807, 2.05) is 36.4 Å². The molecule has 0 aliphatic rings. The molecule has 2 aromatic carbocycles. The molecule has 78 valence electrons. The Hall–Kier alpha value is -0.740. The minimum absolute atomic E-state index is 0.245. The molecule has 0 saturated heterocycles. The normalized spacial score (nSPS) is 12.8. The Balaban J connectivity index is 2.20. The second-order valence-electron chi connectivity index (χ2n) is 2.90. The van der Waals surface area contributed by atoms with Gasteiger partial charge in [0.25, 0.3) is 5.73 Å². The molecule has 0 nitrogen and oxygen atoms in total. The molecule has 0 saturated carbocycles. The maximum absolute atomic E-state index is 12.3. The summed E-state index contributed by atoms with van der Waals surface area (Å²) in [5.74, 6) is 0. The highest BCUT2D eigenvalue weighted by Gasteiger charge is 2.04. The van der Waals surface area contributed by atoms with Crippen molar-refractivity contribution in [2.75, 3.05) is 0 Å². The van der Waals surface area contributed by atoms with E-state index >= 15 is 0 Å². The summed E-state index contributed by atoms with van der Waals surface area (Å²) in [6.07, 6.45) is 0. The van der Waals surface area contributed by atoms with Crippen molar-refractivity contribution >= 4 is 32.4 Å². The maximum Gasteiger partial charge on any atom is 0.294 e. The largest absolute Gasteiger partial charge is 0.294 e. The Morgan fingerprint density at radius 2 is 1.80 bits per heavy atom. The lowest BCUT2D eigenvalue weighted by molar-refractivity contribution is 0.254. The van der Waals surface area contributed by atoms with Gasteiger partial charge in [0.1, 0.15) is 1.37 Å². The van der Waals surface area contributed by atoms with Crippen LogP contribution in [0.1, 0.15) is 1.37 Å². The maximum atomic E-state index is 12.3. The van der Waals surface area contributed by atoms with Gasteiger partial charge in [0.05, 0.1) is 0 Å². The summed E-state index contributed by atoms with van der Waals surface area (Å²) in [4.78, 5) is 0.732. The molecule has 0 bridgehead atoms. The molecule has 0 atom stereocenters. The van der Waals surface area contributed by atoms with Crippen LogP contribution in [-0.4, -0.2) is 5.73 Å². The summed E-state index contributed by atoms with van der Waals surface area (Å²) in [5.41, 5.74) is -3.45. The highest BCUT2D eigenvalue weighted by Crippen LogP contribution is 2.36. The van der Waals surface area contributed by atoms with Crippen LogP contribution in [0.3, 0.4) is 0 Å². The van der Waals surface area contributed by atoms with Crippen molar-refractivity contribution in [1.29, 1.82) is 0 Å². The molecule has 2 rings (SSSR count). The minimum Gasteiger partial charge on any atom is -0.197 e. The fourth-order valence-electron chi connectivity index (χ4n) is 1.30. The van der Waals surface area contributed by atoms with Gasteiger partial charge in [-0.3, -0.25) is 0 Å². The lowest BCUT2D eigenvalue weighted by Crippen LogP contribution is -1.76. The Morgan fingerprint density at radius 3 is 2.53 bits per heavy atom. The van der Waals surface area contributed by atoms with E-state index in [0.29, 0.717) is 0 Å². The molecule has 0 spiro atoms. The molecule has 0 aromatic heterocycles. The van der Waals surface area contributed by atoms with Crippen molar-refractivity contribution in [3.63, 3.8) is 0 Å². The Bertz CT molecular complexity index is 497. The highest BCUT2D eigenvalue weighted by molar-refractivity contribution is 8.76. The second-order valence-corrected chi connectivity index (χ2v) is 5.01. The molecule has 0 amide bonds. The first-order valence-electron chi connectivity index (χ1n) is 4.77. The summed E-state index contributed by atoms with van der Waals surface area (Å²) in [6, 6.07) is 13.3. The number of halogens is 2. The van der Waals surface area contributed by atoms with Crippen LogP contribution in [-0.2, 0) is 0 Å². The highest BCUT2D eigenvalue weighted by atomic mass is 33.1. The quantitative estimate of drug-likeness (QED) is 0.710. The third-order valence-corrected chi connectivity index (χ3v) is 3.78. The SMILES string of the molecule is [2H]C(F)(F)SSc1ccc2ccccc2c1. The summed E-state index contributed by atoms with van der Waals surface area (Å²) < 4.78 is 31.1. The van der Waals surface area contributed by atoms with E-state index < -0.39 is 5.73 Å². The van der Waals surface area contributed by atoms with E-state index in [1.54, 1.807) is 6.07 Å². The van der Waals surface area contributed by atoms with Gasteiger partial charge in [-0.2, -0.15) is 8.78 Å². The number of fused-ring (bicyclic) bond motifs is 1. The van der Waals surface area contributed by atoms with Crippen LogP contribution in [0, 0.1) is 0 Å². The molecule has 15 heavy (non-hydrogen) atoms. The Labute approximate surface area is 95.9 Å². The molecule has 0 aliphatic carbocycles. The van der Waals surface area contributed by atoms with Crippen LogP contribution >= 0.6 is 21.6 Å². The molecular weight excluding hydrogens is 234 g/mol. The Morgan fingerprint density at radius 1 is 1.07 bits per heavy atom. The lowest BCUT2D eigenvalue weighted by Gasteiger charge is -2.02. The number of hydrogen-bond acceptors (Lipinski definition) is 2.